The molecule has 0 aliphatic rings. The van der Waals surface area contributed by atoms with Gasteiger partial charge in [-0.15, -0.1) is 0 Å². The number of aliphatic carboxylic acids is 2. The van der Waals surface area contributed by atoms with E-state index in [1.165, 1.54) is 0 Å². The average molecular weight is 258 g/mol. The van der Waals surface area contributed by atoms with Crippen molar-refractivity contribution in [2.24, 2.45) is 10.8 Å². The number of hydrogen-bond acceptors (Lipinski definition) is 2. The zero-order valence-electron chi connectivity index (χ0n) is 12.0. The van der Waals surface area contributed by atoms with Crippen LogP contribution in [0.2, 0.25) is 0 Å². The maximum Gasteiger partial charge on any atom is 0.309 e. The van der Waals surface area contributed by atoms with E-state index in [1.807, 2.05) is 27.7 Å². The predicted molar refractivity (Wildman–Crippen MR) is 70.5 cm³/mol. The highest BCUT2D eigenvalue weighted by Gasteiger charge is 2.41. The van der Waals surface area contributed by atoms with Crippen molar-refractivity contribution in [1.82, 2.24) is 0 Å². The second-order valence-electron chi connectivity index (χ2n) is 5.09. The smallest absolute Gasteiger partial charge is 0.309 e. The fraction of sp³-hybridized carbons (Fsp3) is 0.857. The van der Waals surface area contributed by atoms with Gasteiger partial charge in [0.2, 0.25) is 0 Å². The van der Waals surface area contributed by atoms with Gasteiger partial charge in [-0.05, 0) is 38.5 Å². The summed E-state index contributed by atoms with van der Waals surface area (Å²) in [6, 6.07) is 0. The summed E-state index contributed by atoms with van der Waals surface area (Å²) in [5.41, 5.74) is -1.55. The van der Waals surface area contributed by atoms with E-state index in [2.05, 4.69) is 0 Å². The molecular formula is C14H26O4. The minimum atomic E-state index is -0.806. The molecule has 0 aliphatic carbocycles. The van der Waals surface area contributed by atoms with Crippen molar-refractivity contribution in [2.45, 2.75) is 66.2 Å². The van der Waals surface area contributed by atoms with Crippen LogP contribution in [0.25, 0.3) is 0 Å². The Labute approximate surface area is 109 Å². The number of carboxylic acid groups (broad SMARTS) is 2. The van der Waals surface area contributed by atoms with Crippen LogP contribution in [0.1, 0.15) is 66.2 Å². The van der Waals surface area contributed by atoms with E-state index in [0.29, 0.717) is 38.5 Å². The van der Waals surface area contributed by atoms with Gasteiger partial charge in [0, 0.05) is 0 Å². The van der Waals surface area contributed by atoms with Crippen molar-refractivity contribution in [1.29, 1.82) is 0 Å². The average Bonchev–Trinajstić information content (AvgIpc) is 2.35. The lowest BCUT2D eigenvalue weighted by atomic mass is 9.70. The predicted octanol–water partition coefficient (Wildman–Crippen LogP) is 3.55. The fourth-order valence-corrected chi connectivity index (χ4v) is 2.50. The van der Waals surface area contributed by atoms with Gasteiger partial charge in [0.05, 0.1) is 10.8 Å². The molecule has 0 bridgehead atoms. The van der Waals surface area contributed by atoms with Crippen molar-refractivity contribution < 1.29 is 19.8 Å². The molecule has 0 amide bonds. The van der Waals surface area contributed by atoms with Gasteiger partial charge in [0.15, 0.2) is 0 Å². The Morgan fingerprint density at radius 2 is 0.944 bits per heavy atom. The van der Waals surface area contributed by atoms with E-state index in [4.69, 9.17) is 0 Å². The summed E-state index contributed by atoms with van der Waals surface area (Å²) in [6.45, 7) is 7.44. The largest absolute Gasteiger partial charge is 0.481 e. The monoisotopic (exact) mass is 258 g/mol. The third-order valence-corrected chi connectivity index (χ3v) is 4.70. The second kappa shape index (κ2) is 6.76. The van der Waals surface area contributed by atoms with Gasteiger partial charge in [0.1, 0.15) is 0 Å². The summed E-state index contributed by atoms with van der Waals surface area (Å²) in [6.07, 6.45) is 3.04. The molecular weight excluding hydrogens is 232 g/mol. The maximum atomic E-state index is 11.4. The molecule has 0 aromatic rings. The van der Waals surface area contributed by atoms with Crippen LogP contribution in [0.15, 0.2) is 0 Å². The van der Waals surface area contributed by atoms with Crippen LogP contribution in [0.4, 0.5) is 0 Å². The van der Waals surface area contributed by atoms with Gasteiger partial charge >= 0.3 is 11.9 Å². The van der Waals surface area contributed by atoms with Crippen molar-refractivity contribution in [3.8, 4) is 0 Å². The van der Waals surface area contributed by atoms with E-state index in [9.17, 15) is 19.8 Å². The molecule has 0 saturated carbocycles. The SMILES string of the molecule is CCC(CC)(CCC(CC)(CC)C(=O)O)C(=O)O. The first-order chi connectivity index (χ1) is 8.34. The van der Waals surface area contributed by atoms with Crippen LogP contribution in [0, 0.1) is 10.8 Å². The Hall–Kier alpha value is -1.06. The summed E-state index contributed by atoms with van der Waals surface area (Å²) in [7, 11) is 0. The summed E-state index contributed by atoms with van der Waals surface area (Å²) in [5, 5.41) is 18.7. The number of carboxylic acids is 2. The molecule has 18 heavy (non-hydrogen) atoms. The van der Waals surface area contributed by atoms with Crippen LogP contribution >= 0.6 is 0 Å². The first kappa shape index (κ1) is 16.9. The maximum absolute atomic E-state index is 11.4. The molecule has 0 fully saturated rings. The molecule has 4 nitrogen and oxygen atoms in total. The second-order valence-corrected chi connectivity index (χ2v) is 5.09. The third kappa shape index (κ3) is 3.24. The molecule has 0 rings (SSSR count). The number of carbonyl (C=O) groups is 2. The van der Waals surface area contributed by atoms with Crippen molar-refractivity contribution in [3.05, 3.63) is 0 Å². The molecule has 0 saturated heterocycles. The van der Waals surface area contributed by atoms with Gasteiger partial charge in [-0.3, -0.25) is 9.59 Å². The highest BCUT2D eigenvalue weighted by Crippen LogP contribution is 2.40. The van der Waals surface area contributed by atoms with Gasteiger partial charge in [-0.1, -0.05) is 27.7 Å². The van der Waals surface area contributed by atoms with E-state index in [1.54, 1.807) is 0 Å². The van der Waals surface area contributed by atoms with Gasteiger partial charge in [-0.25, -0.2) is 0 Å². The lowest BCUT2D eigenvalue weighted by Gasteiger charge is -2.33. The Balaban J connectivity index is 4.99. The van der Waals surface area contributed by atoms with Crippen LogP contribution in [-0.2, 0) is 9.59 Å². The minimum absolute atomic E-state index is 0.434. The van der Waals surface area contributed by atoms with E-state index in [-0.39, 0.29) is 0 Å². The summed E-state index contributed by atoms with van der Waals surface area (Å²) in [4.78, 5) is 22.8. The van der Waals surface area contributed by atoms with Gasteiger partial charge < -0.3 is 10.2 Å². The van der Waals surface area contributed by atoms with Crippen molar-refractivity contribution in [2.75, 3.05) is 0 Å². The number of hydrogen-bond donors (Lipinski definition) is 2. The van der Waals surface area contributed by atoms with Crippen molar-refractivity contribution >= 4 is 11.9 Å². The zero-order chi connectivity index (χ0) is 14.4. The molecule has 0 atom stereocenters. The fourth-order valence-electron chi connectivity index (χ4n) is 2.50. The quantitative estimate of drug-likeness (QED) is 0.663. The van der Waals surface area contributed by atoms with E-state index in [0.717, 1.165) is 0 Å². The molecule has 0 aromatic carbocycles. The molecule has 106 valence electrons. The Bertz CT molecular complexity index is 258. The van der Waals surface area contributed by atoms with Crippen LogP contribution in [0.5, 0.6) is 0 Å². The highest BCUT2D eigenvalue weighted by molar-refractivity contribution is 5.76. The molecule has 2 N–H and O–H groups in total. The molecule has 0 radical (unpaired) electrons. The van der Waals surface area contributed by atoms with E-state index >= 15 is 0 Å². The van der Waals surface area contributed by atoms with Crippen LogP contribution in [0.3, 0.4) is 0 Å². The summed E-state index contributed by atoms with van der Waals surface area (Å²) in [5.74, 6) is -1.61. The van der Waals surface area contributed by atoms with Crippen molar-refractivity contribution in [3.63, 3.8) is 0 Å². The zero-order valence-corrected chi connectivity index (χ0v) is 12.0. The molecule has 0 heterocycles. The van der Waals surface area contributed by atoms with Crippen LogP contribution in [-0.4, -0.2) is 22.2 Å². The summed E-state index contributed by atoms with van der Waals surface area (Å²) < 4.78 is 0. The molecule has 0 aliphatic heterocycles. The minimum Gasteiger partial charge on any atom is -0.481 e. The number of rotatable bonds is 9. The van der Waals surface area contributed by atoms with E-state index < -0.39 is 22.8 Å². The first-order valence-corrected chi connectivity index (χ1v) is 6.81. The van der Waals surface area contributed by atoms with Gasteiger partial charge in [-0.2, -0.15) is 0 Å². The Kier molecular flexibility index (Phi) is 6.36. The molecule has 4 heteroatoms. The molecule has 0 aromatic heterocycles. The topological polar surface area (TPSA) is 74.6 Å². The summed E-state index contributed by atoms with van der Waals surface area (Å²) >= 11 is 0. The standard InChI is InChI=1S/C14H26O4/c1-5-13(6-2,11(15)16)9-10-14(7-3,8-4)12(17)18/h5-10H2,1-4H3,(H,15,16)(H,17,18). The Morgan fingerprint density at radius 1 is 0.722 bits per heavy atom. The third-order valence-electron chi connectivity index (χ3n) is 4.70. The van der Waals surface area contributed by atoms with Gasteiger partial charge in [0.25, 0.3) is 0 Å². The normalized spacial score (nSPS) is 12.4. The molecule has 0 unspecified atom stereocenters. The first-order valence-electron chi connectivity index (χ1n) is 6.81. The highest BCUT2D eigenvalue weighted by atomic mass is 16.4. The lowest BCUT2D eigenvalue weighted by molar-refractivity contribution is -0.155. The lowest BCUT2D eigenvalue weighted by Crippen LogP contribution is -2.35. The van der Waals surface area contributed by atoms with Crippen LogP contribution < -0.4 is 0 Å². The Morgan fingerprint density at radius 3 is 1.06 bits per heavy atom. The molecule has 0 spiro atoms.